The summed E-state index contributed by atoms with van der Waals surface area (Å²) in [5.41, 5.74) is 2.31. The van der Waals surface area contributed by atoms with E-state index in [1.807, 2.05) is 23.1 Å². The van der Waals surface area contributed by atoms with Crippen molar-refractivity contribution in [2.24, 2.45) is 0 Å². The molecule has 0 unspecified atom stereocenters. The molecule has 0 atom stereocenters. The van der Waals surface area contributed by atoms with Crippen LogP contribution in [0.25, 0.3) is 17.1 Å². The maximum Gasteiger partial charge on any atom is 0.274 e. The van der Waals surface area contributed by atoms with E-state index in [9.17, 15) is 10.1 Å². The Balaban J connectivity index is 1.39. The number of furan rings is 1. The first-order valence-electron chi connectivity index (χ1n) is 10.4. The first-order valence-corrected chi connectivity index (χ1v) is 10.8. The lowest BCUT2D eigenvalue weighted by molar-refractivity contribution is 0.0740. The monoisotopic (exact) mass is 458 g/mol. The Morgan fingerprint density at radius 3 is 2.55 bits per heavy atom. The van der Waals surface area contributed by atoms with E-state index in [1.54, 1.807) is 58.4 Å². The molecule has 164 valence electrons. The van der Waals surface area contributed by atoms with Crippen LogP contribution in [0.2, 0.25) is 5.02 Å². The maximum absolute atomic E-state index is 13.3. The zero-order chi connectivity index (χ0) is 22.8. The summed E-state index contributed by atoms with van der Waals surface area (Å²) in [7, 11) is 0. The molecular weight excluding hydrogens is 440 g/mol. The van der Waals surface area contributed by atoms with Gasteiger partial charge in [0.25, 0.3) is 5.91 Å². The fourth-order valence-corrected chi connectivity index (χ4v) is 4.01. The largest absolute Gasteiger partial charge is 0.463 e. The standard InChI is InChI=1S/C24H19ClN6O2/c25-18-5-7-19(8-6-18)31-21(22-4-2-14-33-22)15-20(28-31)24(32)30-12-10-29(11-13-30)23-17(16-26)3-1-9-27-23/h1-9,14-15H,10-13H2. The van der Waals surface area contributed by atoms with E-state index in [2.05, 4.69) is 16.2 Å². The number of piperazine rings is 1. The van der Waals surface area contributed by atoms with Gasteiger partial charge in [-0.2, -0.15) is 10.4 Å². The summed E-state index contributed by atoms with van der Waals surface area (Å²) in [6.45, 7) is 2.18. The van der Waals surface area contributed by atoms with Crippen molar-refractivity contribution in [1.29, 1.82) is 5.26 Å². The van der Waals surface area contributed by atoms with Crippen LogP contribution in [-0.2, 0) is 0 Å². The number of amides is 1. The van der Waals surface area contributed by atoms with Gasteiger partial charge in [0.15, 0.2) is 11.5 Å². The van der Waals surface area contributed by atoms with Gasteiger partial charge in [-0.25, -0.2) is 9.67 Å². The topological polar surface area (TPSA) is 91.2 Å². The number of aromatic nitrogens is 3. The van der Waals surface area contributed by atoms with E-state index in [4.69, 9.17) is 16.0 Å². The Hall–Kier alpha value is -4.09. The lowest BCUT2D eigenvalue weighted by atomic mass is 10.2. The van der Waals surface area contributed by atoms with Crippen LogP contribution in [0.5, 0.6) is 0 Å². The SMILES string of the molecule is N#Cc1cccnc1N1CCN(C(=O)c2cc(-c3ccco3)n(-c3ccc(Cl)cc3)n2)CC1. The van der Waals surface area contributed by atoms with E-state index >= 15 is 0 Å². The molecule has 1 saturated heterocycles. The van der Waals surface area contributed by atoms with Crippen molar-refractivity contribution in [3.05, 3.63) is 83.3 Å². The number of halogens is 1. The predicted octanol–water partition coefficient (Wildman–Crippen LogP) is 4.01. The molecule has 1 aliphatic rings. The van der Waals surface area contributed by atoms with Crippen LogP contribution >= 0.6 is 11.6 Å². The molecule has 4 aromatic rings. The number of hydrogen-bond donors (Lipinski definition) is 0. The van der Waals surface area contributed by atoms with Crippen LogP contribution in [0.4, 0.5) is 5.82 Å². The molecule has 1 amide bonds. The zero-order valence-corrected chi connectivity index (χ0v) is 18.3. The Morgan fingerprint density at radius 2 is 1.85 bits per heavy atom. The lowest BCUT2D eigenvalue weighted by Gasteiger charge is -2.35. The highest BCUT2D eigenvalue weighted by Gasteiger charge is 2.27. The Kier molecular flexibility index (Phi) is 5.55. The zero-order valence-electron chi connectivity index (χ0n) is 17.6. The first-order chi connectivity index (χ1) is 16.1. The number of pyridine rings is 1. The minimum Gasteiger partial charge on any atom is -0.463 e. The fraction of sp³-hybridized carbons (Fsp3) is 0.167. The molecule has 1 aliphatic heterocycles. The number of nitrogens with zero attached hydrogens (tertiary/aromatic N) is 6. The molecule has 8 nitrogen and oxygen atoms in total. The first kappa shape index (κ1) is 20.8. The van der Waals surface area contributed by atoms with Gasteiger partial charge in [0, 0.05) is 43.5 Å². The summed E-state index contributed by atoms with van der Waals surface area (Å²) in [6, 6.07) is 18.3. The maximum atomic E-state index is 13.3. The molecule has 0 radical (unpaired) electrons. The third-order valence-corrected chi connectivity index (χ3v) is 5.80. The minimum atomic E-state index is -0.156. The molecule has 0 N–H and O–H groups in total. The molecule has 0 aliphatic carbocycles. The van der Waals surface area contributed by atoms with E-state index < -0.39 is 0 Å². The van der Waals surface area contributed by atoms with E-state index in [0.717, 1.165) is 5.69 Å². The van der Waals surface area contributed by atoms with Gasteiger partial charge in [0.1, 0.15) is 17.6 Å². The highest BCUT2D eigenvalue weighted by molar-refractivity contribution is 6.30. The quantitative estimate of drug-likeness (QED) is 0.458. The van der Waals surface area contributed by atoms with Crippen molar-refractivity contribution in [2.45, 2.75) is 0 Å². The van der Waals surface area contributed by atoms with Crippen LogP contribution in [0, 0.1) is 11.3 Å². The van der Waals surface area contributed by atoms with Crippen LogP contribution in [-0.4, -0.2) is 51.8 Å². The average Bonchev–Trinajstić information content (AvgIpc) is 3.54. The van der Waals surface area contributed by atoms with E-state index in [1.165, 1.54) is 0 Å². The number of benzene rings is 1. The van der Waals surface area contributed by atoms with Gasteiger partial charge < -0.3 is 14.2 Å². The molecule has 4 heterocycles. The number of carbonyl (C=O) groups excluding carboxylic acids is 1. The van der Waals surface area contributed by atoms with Crippen molar-refractivity contribution < 1.29 is 9.21 Å². The van der Waals surface area contributed by atoms with Crippen molar-refractivity contribution in [1.82, 2.24) is 19.7 Å². The fourth-order valence-electron chi connectivity index (χ4n) is 3.88. The van der Waals surface area contributed by atoms with Gasteiger partial charge in [0.05, 0.1) is 17.5 Å². The molecule has 0 spiro atoms. The summed E-state index contributed by atoms with van der Waals surface area (Å²) >= 11 is 6.04. The Bertz CT molecular complexity index is 1320. The molecule has 0 saturated carbocycles. The van der Waals surface area contributed by atoms with Gasteiger partial charge in [-0.05, 0) is 48.5 Å². The number of carbonyl (C=O) groups is 1. The summed E-state index contributed by atoms with van der Waals surface area (Å²) in [5, 5.41) is 14.6. The predicted molar refractivity (Wildman–Crippen MR) is 123 cm³/mol. The molecule has 1 fully saturated rings. The highest BCUT2D eigenvalue weighted by atomic mass is 35.5. The molecular formula is C24H19ClN6O2. The van der Waals surface area contributed by atoms with Gasteiger partial charge in [0.2, 0.25) is 0 Å². The summed E-state index contributed by atoms with van der Waals surface area (Å²) in [5.74, 6) is 1.11. The smallest absolute Gasteiger partial charge is 0.274 e. The lowest BCUT2D eigenvalue weighted by Crippen LogP contribution is -2.49. The second kappa shape index (κ2) is 8.81. The second-order valence-electron chi connectivity index (χ2n) is 7.55. The van der Waals surface area contributed by atoms with E-state index in [-0.39, 0.29) is 5.91 Å². The van der Waals surface area contributed by atoms with Gasteiger partial charge in [-0.15, -0.1) is 0 Å². The number of anilines is 1. The normalized spacial score (nSPS) is 13.7. The highest BCUT2D eigenvalue weighted by Crippen LogP contribution is 2.26. The van der Waals surface area contributed by atoms with Crippen molar-refractivity contribution in [3.8, 4) is 23.2 Å². The van der Waals surface area contributed by atoms with Crippen molar-refractivity contribution >= 4 is 23.3 Å². The number of nitriles is 1. The van der Waals surface area contributed by atoms with Crippen molar-refractivity contribution in [2.75, 3.05) is 31.1 Å². The Labute approximate surface area is 195 Å². The van der Waals surface area contributed by atoms with Crippen molar-refractivity contribution in [3.63, 3.8) is 0 Å². The number of rotatable bonds is 4. The Morgan fingerprint density at radius 1 is 1.06 bits per heavy atom. The summed E-state index contributed by atoms with van der Waals surface area (Å²) < 4.78 is 7.26. The summed E-state index contributed by atoms with van der Waals surface area (Å²) in [4.78, 5) is 21.4. The van der Waals surface area contributed by atoms with Gasteiger partial charge in [-0.1, -0.05) is 11.6 Å². The molecule has 1 aromatic carbocycles. The van der Waals surface area contributed by atoms with Crippen LogP contribution in [0.1, 0.15) is 16.1 Å². The van der Waals surface area contributed by atoms with Gasteiger partial charge in [-0.3, -0.25) is 4.79 Å². The third-order valence-electron chi connectivity index (χ3n) is 5.55. The van der Waals surface area contributed by atoms with Crippen LogP contribution in [0.3, 0.4) is 0 Å². The van der Waals surface area contributed by atoms with Crippen LogP contribution < -0.4 is 4.90 Å². The molecule has 3 aromatic heterocycles. The average molecular weight is 459 g/mol. The molecule has 5 rings (SSSR count). The molecule has 0 bridgehead atoms. The van der Waals surface area contributed by atoms with Gasteiger partial charge >= 0.3 is 0 Å². The van der Waals surface area contributed by atoms with E-state index in [0.29, 0.717) is 59.7 Å². The summed E-state index contributed by atoms with van der Waals surface area (Å²) in [6.07, 6.45) is 3.26. The molecule has 33 heavy (non-hydrogen) atoms. The second-order valence-corrected chi connectivity index (χ2v) is 7.98. The number of hydrogen-bond acceptors (Lipinski definition) is 6. The molecule has 9 heteroatoms. The van der Waals surface area contributed by atoms with Crippen LogP contribution in [0.15, 0.2) is 71.5 Å². The third kappa shape index (κ3) is 4.06. The minimum absolute atomic E-state index is 0.156.